The first-order chi connectivity index (χ1) is 23.3. The molecule has 0 amide bonds. The second kappa shape index (κ2) is 9.19. The lowest BCUT2D eigenvalue weighted by Crippen LogP contribution is -1.89. The van der Waals surface area contributed by atoms with Gasteiger partial charge in [0.1, 0.15) is 11.2 Å². The zero-order chi connectivity index (χ0) is 30.6. The zero-order valence-electron chi connectivity index (χ0n) is 25.4. The number of hydrogen-bond donors (Lipinski definition) is 0. The zero-order valence-corrected chi connectivity index (χ0v) is 25.4. The number of hydrogen-bond acceptors (Lipinski definition) is 1. The third-order valence-corrected chi connectivity index (χ3v) is 10.4. The van der Waals surface area contributed by atoms with Crippen LogP contribution in [0.15, 0.2) is 162 Å². The van der Waals surface area contributed by atoms with Gasteiger partial charge in [-0.2, -0.15) is 0 Å². The summed E-state index contributed by atoms with van der Waals surface area (Å²) in [6.45, 7) is 0. The van der Waals surface area contributed by atoms with E-state index < -0.39 is 0 Å². The van der Waals surface area contributed by atoms with E-state index in [0.717, 1.165) is 32.9 Å². The molecule has 1 heteroatoms. The summed E-state index contributed by atoms with van der Waals surface area (Å²) in [6, 6.07) is 57.8. The van der Waals surface area contributed by atoms with Crippen molar-refractivity contribution in [3.8, 4) is 22.3 Å². The highest BCUT2D eigenvalue weighted by molar-refractivity contribution is 6.28. The number of furan rings is 1. The lowest BCUT2D eigenvalue weighted by Gasteiger charge is -2.15. The summed E-state index contributed by atoms with van der Waals surface area (Å²) in [6.07, 6.45) is 0. The molecule has 0 aliphatic carbocycles. The fourth-order valence-corrected chi connectivity index (χ4v) is 8.29. The van der Waals surface area contributed by atoms with Gasteiger partial charge in [-0.15, -0.1) is 0 Å². The topological polar surface area (TPSA) is 13.1 Å². The molecule has 0 saturated carbocycles. The van der Waals surface area contributed by atoms with Gasteiger partial charge in [-0.05, 0) is 88.1 Å². The predicted molar refractivity (Wildman–Crippen MR) is 201 cm³/mol. The Morgan fingerprint density at radius 1 is 0.234 bits per heavy atom. The highest BCUT2D eigenvalue weighted by atomic mass is 16.3. The van der Waals surface area contributed by atoms with E-state index in [1.54, 1.807) is 0 Å². The Hall–Kier alpha value is -6.18. The molecule has 0 bridgehead atoms. The average Bonchev–Trinajstić information content (AvgIpc) is 3.54. The quantitative estimate of drug-likeness (QED) is 0.182. The minimum absolute atomic E-state index is 0.932. The highest BCUT2D eigenvalue weighted by Gasteiger charge is 2.22. The Kier molecular flexibility index (Phi) is 4.90. The summed E-state index contributed by atoms with van der Waals surface area (Å²) >= 11 is 0. The van der Waals surface area contributed by atoms with Crippen LogP contribution in [-0.4, -0.2) is 0 Å². The smallest absolute Gasteiger partial charge is 0.143 e. The van der Waals surface area contributed by atoms with E-state index in [-0.39, 0.29) is 0 Å². The largest absolute Gasteiger partial charge is 0.455 e. The maximum atomic E-state index is 7.09. The standard InChI is InChI=1S/C46H26O/c1-3-11-32-27(7-1)17-21-36-34(32)13-6-14-35(36)39-25-26-40(46-44(39)41-24-18-28-8-2-4-12-33(28)45(41)47-46)37-22-19-31-16-15-29-9-5-10-30-20-23-38(37)43(31)42(29)30/h1-26H. The Morgan fingerprint density at radius 2 is 0.766 bits per heavy atom. The van der Waals surface area contributed by atoms with E-state index in [1.165, 1.54) is 75.9 Å². The average molecular weight is 595 g/mol. The van der Waals surface area contributed by atoms with Crippen molar-refractivity contribution in [2.45, 2.75) is 0 Å². The van der Waals surface area contributed by atoms with Crippen molar-refractivity contribution in [3.05, 3.63) is 158 Å². The molecular weight excluding hydrogens is 569 g/mol. The van der Waals surface area contributed by atoms with Crippen LogP contribution < -0.4 is 0 Å². The molecule has 11 rings (SSSR count). The first kappa shape index (κ1) is 25.1. The number of rotatable bonds is 2. The summed E-state index contributed by atoms with van der Waals surface area (Å²) in [7, 11) is 0. The van der Waals surface area contributed by atoms with E-state index >= 15 is 0 Å². The normalized spacial score (nSPS) is 12.3. The van der Waals surface area contributed by atoms with Gasteiger partial charge in [0.25, 0.3) is 0 Å². The predicted octanol–water partition coefficient (Wildman–Crippen LogP) is 13.3. The second-order valence-electron chi connectivity index (χ2n) is 12.8. The molecule has 0 unspecified atom stereocenters. The number of benzene rings is 10. The molecule has 10 aromatic carbocycles. The van der Waals surface area contributed by atoms with Crippen LogP contribution in [0.5, 0.6) is 0 Å². The maximum Gasteiger partial charge on any atom is 0.143 e. The molecule has 0 radical (unpaired) electrons. The lowest BCUT2D eigenvalue weighted by atomic mass is 9.87. The molecule has 0 fully saturated rings. The Morgan fingerprint density at radius 3 is 1.62 bits per heavy atom. The van der Waals surface area contributed by atoms with Gasteiger partial charge in [0.2, 0.25) is 0 Å². The van der Waals surface area contributed by atoms with Crippen LogP contribution in [0.25, 0.3) is 109 Å². The monoisotopic (exact) mass is 594 g/mol. The van der Waals surface area contributed by atoms with Crippen molar-refractivity contribution >= 4 is 86.6 Å². The SMILES string of the molecule is c1ccc2c(c1)ccc1c(-c3ccc(-c4ccc5ccc6cccc7ccc4c5c67)c4oc5c6ccccc6ccc5c34)cccc12. The van der Waals surface area contributed by atoms with Crippen molar-refractivity contribution in [1.29, 1.82) is 0 Å². The van der Waals surface area contributed by atoms with E-state index in [4.69, 9.17) is 4.42 Å². The Bertz CT molecular complexity index is 3050. The molecule has 0 aliphatic rings. The van der Waals surface area contributed by atoms with Crippen LogP contribution >= 0.6 is 0 Å². The third-order valence-electron chi connectivity index (χ3n) is 10.4. The minimum Gasteiger partial charge on any atom is -0.455 e. The minimum atomic E-state index is 0.932. The summed E-state index contributed by atoms with van der Waals surface area (Å²) in [5.41, 5.74) is 6.59. The fourth-order valence-electron chi connectivity index (χ4n) is 8.29. The van der Waals surface area contributed by atoms with Crippen LogP contribution in [0.4, 0.5) is 0 Å². The molecule has 0 aliphatic heterocycles. The van der Waals surface area contributed by atoms with Crippen molar-refractivity contribution in [1.82, 2.24) is 0 Å². The Labute approximate surface area is 270 Å². The first-order valence-electron chi connectivity index (χ1n) is 16.3. The molecule has 1 aromatic heterocycles. The van der Waals surface area contributed by atoms with Crippen molar-refractivity contribution in [2.75, 3.05) is 0 Å². The molecular formula is C46H26O. The molecule has 0 N–H and O–H groups in total. The molecule has 216 valence electrons. The summed E-state index contributed by atoms with van der Waals surface area (Å²) in [4.78, 5) is 0. The van der Waals surface area contributed by atoms with Crippen LogP contribution in [0.2, 0.25) is 0 Å². The van der Waals surface area contributed by atoms with Crippen molar-refractivity contribution in [3.63, 3.8) is 0 Å². The maximum absolute atomic E-state index is 7.09. The molecule has 47 heavy (non-hydrogen) atoms. The Balaban J connectivity index is 1.28. The van der Waals surface area contributed by atoms with Gasteiger partial charge in [-0.1, -0.05) is 146 Å². The van der Waals surface area contributed by atoms with Gasteiger partial charge in [0, 0.05) is 21.7 Å². The first-order valence-corrected chi connectivity index (χ1v) is 16.3. The van der Waals surface area contributed by atoms with Crippen LogP contribution in [0.1, 0.15) is 0 Å². The van der Waals surface area contributed by atoms with Crippen LogP contribution in [0, 0.1) is 0 Å². The van der Waals surface area contributed by atoms with Crippen LogP contribution in [-0.2, 0) is 0 Å². The van der Waals surface area contributed by atoms with Gasteiger partial charge >= 0.3 is 0 Å². The number of fused-ring (bicyclic) bond motifs is 8. The lowest BCUT2D eigenvalue weighted by molar-refractivity contribution is 0.674. The fraction of sp³-hybridized carbons (Fsp3) is 0. The van der Waals surface area contributed by atoms with Crippen molar-refractivity contribution in [2.24, 2.45) is 0 Å². The summed E-state index contributed by atoms with van der Waals surface area (Å²) in [5.74, 6) is 0. The molecule has 0 atom stereocenters. The van der Waals surface area contributed by atoms with Gasteiger partial charge in [0.05, 0.1) is 0 Å². The van der Waals surface area contributed by atoms with Gasteiger partial charge < -0.3 is 4.42 Å². The molecule has 1 nitrogen and oxygen atoms in total. The second-order valence-corrected chi connectivity index (χ2v) is 12.8. The van der Waals surface area contributed by atoms with E-state index in [9.17, 15) is 0 Å². The van der Waals surface area contributed by atoms with E-state index in [1.807, 2.05) is 0 Å². The molecule has 0 spiro atoms. The van der Waals surface area contributed by atoms with Crippen molar-refractivity contribution < 1.29 is 4.42 Å². The van der Waals surface area contributed by atoms with Gasteiger partial charge in [-0.3, -0.25) is 0 Å². The van der Waals surface area contributed by atoms with E-state index in [0.29, 0.717) is 0 Å². The summed E-state index contributed by atoms with van der Waals surface area (Å²) < 4.78 is 7.09. The molecule has 0 saturated heterocycles. The van der Waals surface area contributed by atoms with Gasteiger partial charge in [0.15, 0.2) is 0 Å². The molecule has 1 heterocycles. The third kappa shape index (κ3) is 3.38. The summed E-state index contributed by atoms with van der Waals surface area (Å²) in [5, 5.41) is 17.4. The molecule has 11 aromatic rings. The van der Waals surface area contributed by atoms with Gasteiger partial charge in [-0.25, -0.2) is 0 Å². The van der Waals surface area contributed by atoms with Crippen LogP contribution in [0.3, 0.4) is 0 Å². The van der Waals surface area contributed by atoms with E-state index in [2.05, 4.69) is 158 Å². The highest BCUT2D eigenvalue weighted by Crippen LogP contribution is 2.47.